The Balaban J connectivity index is 1.92. The Hall–Kier alpha value is -3.16. The number of carbonyl (C=O) groups excluding carboxylic acids is 2. The molecule has 0 radical (unpaired) electrons. The van der Waals surface area contributed by atoms with Crippen molar-refractivity contribution in [3.63, 3.8) is 0 Å². The first-order chi connectivity index (χ1) is 41.7. The van der Waals surface area contributed by atoms with Crippen molar-refractivity contribution >= 4 is 11.9 Å². The number of ether oxygens (including phenoxy) is 3. The number of rotatable bonds is 61. The summed E-state index contributed by atoms with van der Waals surface area (Å²) in [6.07, 6.45) is 76.2. The van der Waals surface area contributed by atoms with Gasteiger partial charge in [-0.3, -0.25) is 9.59 Å². The summed E-state index contributed by atoms with van der Waals surface area (Å²) in [5.74, 6) is -0.206. The Labute approximate surface area is 521 Å². The minimum Gasteiger partial charge on any atom is -0.466 e. The minimum absolute atomic E-state index is 0.00827. The molecule has 85 heavy (non-hydrogen) atoms. The van der Waals surface area contributed by atoms with Gasteiger partial charge in [-0.05, 0) is 116 Å². The second-order valence-electron chi connectivity index (χ2n) is 24.2. The molecule has 0 aromatic rings. The van der Waals surface area contributed by atoms with Crippen LogP contribution in [0.15, 0.2) is 85.1 Å². The standard InChI is InChI=1S/C74H131NO10/c1-3-5-7-9-11-13-14-15-35-39-42-46-50-54-58-62-70(79)83-63-59-55-51-47-43-40-37-34-32-30-28-26-24-22-20-18-16-17-19-21-23-25-27-29-31-33-36-38-41-45-49-53-57-61-69(78)75-66(67(77)60-56-52-48-44-12-10-8-6-4-2)65-84-74-73(82)72(81)71(80)68(64-76)85-74/h4,6,11-13,15,20,22,26,28,35,44,56,60,66-68,71-74,76-77,80-82H,3,5,7-10,14,16-19,21,23-25,27,29-34,36-43,45-55,57-59,61-65H2,1-2H3,(H,75,78)/b6-4+,13-11-,22-20-,28-26-,35-15-,44-12+,60-56+. The molecule has 1 aliphatic heterocycles. The van der Waals surface area contributed by atoms with Gasteiger partial charge >= 0.3 is 5.97 Å². The quantitative estimate of drug-likeness (QED) is 0.0195. The lowest BCUT2D eigenvalue weighted by Crippen LogP contribution is -2.60. The van der Waals surface area contributed by atoms with Gasteiger partial charge in [0.1, 0.15) is 24.4 Å². The lowest BCUT2D eigenvalue weighted by molar-refractivity contribution is -0.302. The molecule has 0 saturated carbocycles. The molecule has 11 heteroatoms. The highest BCUT2D eigenvalue weighted by atomic mass is 16.7. The smallest absolute Gasteiger partial charge is 0.305 e. The average molecular weight is 1190 g/mol. The Kier molecular flexibility index (Phi) is 58.7. The molecule has 1 aliphatic rings. The second-order valence-corrected chi connectivity index (χ2v) is 24.2. The molecule has 0 aromatic carbocycles. The first-order valence-electron chi connectivity index (χ1n) is 35.3. The van der Waals surface area contributed by atoms with Crippen LogP contribution >= 0.6 is 0 Å². The van der Waals surface area contributed by atoms with Gasteiger partial charge in [0.15, 0.2) is 6.29 Å². The Morgan fingerprint density at radius 3 is 1.29 bits per heavy atom. The van der Waals surface area contributed by atoms with Gasteiger partial charge in [-0.1, -0.05) is 265 Å². The molecule has 1 fully saturated rings. The van der Waals surface area contributed by atoms with Crippen molar-refractivity contribution in [2.45, 2.75) is 352 Å². The molecule has 492 valence electrons. The van der Waals surface area contributed by atoms with E-state index >= 15 is 0 Å². The van der Waals surface area contributed by atoms with Crippen LogP contribution in [-0.2, 0) is 23.8 Å². The van der Waals surface area contributed by atoms with Crippen LogP contribution in [0.25, 0.3) is 0 Å². The summed E-state index contributed by atoms with van der Waals surface area (Å²) in [6, 6.07) is -0.833. The molecular formula is C74H131NO10. The van der Waals surface area contributed by atoms with Crippen LogP contribution in [0.3, 0.4) is 0 Å². The number of amides is 1. The zero-order valence-corrected chi connectivity index (χ0v) is 54.5. The topological polar surface area (TPSA) is 175 Å². The van der Waals surface area contributed by atoms with Gasteiger partial charge in [0.25, 0.3) is 0 Å². The lowest BCUT2D eigenvalue weighted by Gasteiger charge is -2.40. The van der Waals surface area contributed by atoms with E-state index in [0.29, 0.717) is 19.4 Å². The maximum Gasteiger partial charge on any atom is 0.305 e. The number of carbonyl (C=O) groups is 2. The summed E-state index contributed by atoms with van der Waals surface area (Å²) in [6.45, 7) is 4.07. The van der Waals surface area contributed by atoms with Crippen molar-refractivity contribution in [1.29, 1.82) is 0 Å². The summed E-state index contributed by atoms with van der Waals surface area (Å²) < 4.78 is 16.7. The predicted molar refractivity (Wildman–Crippen MR) is 356 cm³/mol. The van der Waals surface area contributed by atoms with Crippen molar-refractivity contribution in [2.24, 2.45) is 0 Å². The third-order valence-electron chi connectivity index (χ3n) is 16.3. The van der Waals surface area contributed by atoms with E-state index in [-0.39, 0.29) is 18.5 Å². The summed E-state index contributed by atoms with van der Waals surface area (Å²) >= 11 is 0. The van der Waals surface area contributed by atoms with Gasteiger partial charge in [-0.2, -0.15) is 0 Å². The van der Waals surface area contributed by atoms with E-state index in [2.05, 4.69) is 79.1 Å². The number of hydrogen-bond acceptors (Lipinski definition) is 10. The molecule has 1 saturated heterocycles. The highest BCUT2D eigenvalue weighted by Crippen LogP contribution is 2.23. The van der Waals surface area contributed by atoms with Crippen LogP contribution in [0, 0.1) is 0 Å². The normalized spacial score (nSPS) is 18.5. The van der Waals surface area contributed by atoms with E-state index in [0.717, 1.165) is 77.0 Å². The van der Waals surface area contributed by atoms with Gasteiger partial charge in [0.2, 0.25) is 5.91 Å². The highest BCUT2D eigenvalue weighted by molar-refractivity contribution is 5.76. The van der Waals surface area contributed by atoms with Gasteiger partial charge in [0.05, 0.1) is 32.0 Å². The van der Waals surface area contributed by atoms with E-state index < -0.39 is 49.5 Å². The van der Waals surface area contributed by atoms with Crippen molar-refractivity contribution in [3.8, 4) is 0 Å². The van der Waals surface area contributed by atoms with Crippen LogP contribution < -0.4 is 5.32 Å². The molecule has 1 amide bonds. The molecule has 0 spiro atoms. The molecule has 6 N–H and O–H groups in total. The number of hydrogen-bond donors (Lipinski definition) is 6. The Morgan fingerprint density at radius 2 is 0.847 bits per heavy atom. The molecule has 1 heterocycles. The SMILES string of the molecule is C/C=C/CC/C=C/CC/C=C/C(O)C(COC1OC(CO)C(O)C(O)C1O)NC(=O)CCCCCCCCCCCCCCCCCCC/C=C\C/C=C\CCCCCCCCCCCOC(=O)CCCCCCC/C=C\C/C=C\CCCCC. The van der Waals surface area contributed by atoms with E-state index in [1.807, 2.05) is 19.1 Å². The average Bonchev–Trinajstić information content (AvgIpc) is 3.62. The Morgan fingerprint density at radius 1 is 0.459 bits per heavy atom. The zero-order valence-electron chi connectivity index (χ0n) is 54.5. The molecule has 7 unspecified atom stereocenters. The zero-order chi connectivity index (χ0) is 61.6. The van der Waals surface area contributed by atoms with E-state index in [1.165, 1.54) is 205 Å². The summed E-state index contributed by atoms with van der Waals surface area (Å²) in [5.41, 5.74) is 0. The molecule has 0 aliphatic carbocycles. The fourth-order valence-electron chi connectivity index (χ4n) is 10.7. The van der Waals surface area contributed by atoms with Crippen molar-refractivity contribution in [3.05, 3.63) is 85.1 Å². The molecule has 1 rings (SSSR count). The third kappa shape index (κ3) is 51.4. The van der Waals surface area contributed by atoms with E-state index in [9.17, 15) is 35.1 Å². The van der Waals surface area contributed by atoms with Crippen molar-refractivity contribution < 1.29 is 49.3 Å². The van der Waals surface area contributed by atoms with E-state index in [4.69, 9.17) is 14.2 Å². The van der Waals surface area contributed by atoms with Gasteiger partial charge < -0.3 is 45.1 Å². The van der Waals surface area contributed by atoms with Crippen LogP contribution in [-0.4, -0.2) is 100 Å². The van der Waals surface area contributed by atoms with Crippen molar-refractivity contribution in [1.82, 2.24) is 5.32 Å². The maximum absolute atomic E-state index is 13.0. The molecule has 0 bridgehead atoms. The number of allylic oxidation sites excluding steroid dienone is 13. The fourth-order valence-corrected chi connectivity index (χ4v) is 10.7. The molecule has 0 aromatic heterocycles. The summed E-state index contributed by atoms with van der Waals surface area (Å²) in [7, 11) is 0. The van der Waals surface area contributed by atoms with Gasteiger partial charge in [-0.25, -0.2) is 0 Å². The van der Waals surface area contributed by atoms with Crippen LogP contribution in [0.1, 0.15) is 309 Å². The molecule has 11 nitrogen and oxygen atoms in total. The predicted octanol–water partition coefficient (Wildman–Crippen LogP) is 18.1. The van der Waals surface area contributed by atoms with Crippen molar-refractivity contribution in [2.75, 3.05) is 19.8 Å². The largest absolute Gasteiger partial charge is 0.466 e. The number of nitrogens with one attached hydrogen (secondary N) is 1. The first kappa shape index (κ1) is 79.9. The Bertz CT molecular complexity index is 1690. The minimum atomic E-state index is -1.58. The lowest BCUT2D eigenvalue weighted by atomic mass is 9.99. The van der Waals surface area contributed by atoms with Gasteiger partial charge in [0, 0.05) is 12.8 Å². The first-order valence-corrected chi connectivity index (χ1v) is 35.3. The van der Waals surface area contributed by atoms with Gasteiger partial charge in [-0.15, -0.1) is 0 Å². The fraction of sp³-hybridized carbons (Fsp3) is 0.784. The molecular weight excluding hydrogens is 1060 g/mol. The highest BCUT2D eigenvalue weighted by Gasteiger charge is 2.44. The monoisotopic (exact) mass is 1190 g/mol. The molecule has 7 atom stereocenters. The third-order valence-corrected chi connectivity index (χ3v) is 16.3. The van der Waals surface area contributed by atoms with Crippen LogP contribution in [0.2, 0.25) is 0 Å². The second kappa shape index (κ2) is 62.4. The summed E-state index contributed by atoms with van der Waals surface area (Å²) in [5, 5.41) is 54.2. The van der Waals surface area contributed by atoms with Crippen LogP contribution in [0.5, 0.6) is 0 Å². The van der Waals surface area contributed by atoms with Crippen LogP contribution in [0.4, 0.5) is 0 Å². The maximum atomic E-state index is 13.0. The number of esters is 1. The number of aliphatic hydroxyl groups excluding tert-OH is 5. The number of aliphatic hydroxyl groups is 5. The number of unbranched alkanes of at least 4 members (excludes halogenated alkanes) is 36. The van der Waals surface area contributed by atoms with E-state index in [1.54, 1.807) is 6.08 Å². The summed E-state index contributed by atoms with van der Waals surface area (Å²) in [4.78, 5) is 25.1.